The van der Waals surface area contributed by atoms with Crippen LogP contribution in [-0.4, -0.2) is 0 Å². The van der Waals surface area contributed by atoms with Gasteiger partial charge in [-0.2, -0.15) is 0 Å². The monoisotopic (exact) mass is 414 g/mol. The number of fused-ring (bicyclic) bond motifs is 4. The van der Waals surface area contributed by atoms with Gasteiger partial charge in [-0.1, -0.05) is 46.4 Å². The summed E-state index contributed by atoms with van der Waals surface area (Å²) in [5.74, 6) is 0. The van der Waals surface area contributed by atoms with Crippen LogP contribution in [0.1, 0.15) is 0 Å². The summed E-state index contributed by atoms with van der Waals surface area (Å²) >= 11 is 24.7. The lowest BCUT2D eigenvalue weighted by atomic mass is 9.97. The van der Waals surface area contributed by atoms with E-state index >= 15 is 0 Å². The van der Waals surface area contributed by atoms with Crippen molar-refractivity contribution in [3.63, 3.8) is 0 Å². The standard InChI is InChI=1S/C22H10Cl4/c23-19-7-15-3-11-1-12-4-16-8-20(24)22(26)10-18(16)6-14(12)2-13(11)5-17(15)9-21(19)25/h1-10H. The molecule has 5 aromatic carbocycles. The Morgan fingerprint density at radius 1 is 0.269 bits per heavy atom. The zero-order chi connectivity index (χ0) is 18.0. The molecule has 0 aliphatic carbocycles. The Hall–Kier alpha value is -1.70. The zero-order valence-electron chi connectivity index (χ0n) is 13.3. The van der Waals surface area contributed by atoms with Gasteiger partial charge in [0.2, 0.25) is 0 Å². The number of rotatable bonds is 0. The van der Waals surface area contributed by atoms with Crippen LogP contribution in [0, 0.1) is 0 Å². The molecule has 0 aliphatic heterocycles. The van der Waals surface area contributed by atoms with Crippen molar-refractivity contribution in [2.75, 3.05) is 0 Å². The average molecular weight is 416 g/mol. The summed E-state index contributed by atoms with van der Waals surface area (Å²) in [7, 11) is 0. The number of benzene rings is 5. The van der Waals surface area contributed by atoms with Crippen LogP contribution in [0.4, 0.5) is 0 Å². The summed E-state index contributed by atoms with van der Waals surface area (Å²) in [4.78, 5) is 0. The molecule has 0 aliphatic rings. The van der Waals surface area contributed by atoms with Crippen LogP contribution >= 0.6 is 46.4 Å². The summed E-state index contributed by atoms with van der Waals surface area (Å²) in [5, 5.41) is 11.2. The van der Waals surface area contributed by atoms with Crippen LogP contribution in [0.2, 0.25) is 20.1 Å². The van der Waals surface area contributed by atoms with Gasteiger partial charge in [0.25, 0.3) is 0 Å². The molecular weight excluding hydrogens is 406 g/mol. The number of halogens is 4. The van der Waals surface area contributed by atoms with Gasteiger partial charge in [-0.25, -0.2) is 0 Å². The van der Waals surface area contributed by atoms with Gasteiger partial charge >= 0.3 is 0 Å². The van der Waals surface area contributed by atoms with Crippen molar-refractivity contribution in [1.29, 1.82) is 0 Å². The minimum atomic E-state index is 0.567. The number of hydrogen-bond donors (Lipinski definition) is 0. The Morgan fingerprint density at radius 2 is 0.423 bits per heavy atom. The SMILES string of the molecule is Clc1cc2cc3cc4cc5cc(Cl)c(Cl)cc5cc4cc3cc2cc1Cl. The highest BCUT2D eigenvalue weighted by molar-refractivity contribution is 6.43. The Balaban J connectivity index is 1.86. The molecule has 0 radical (unpaired) electrons. The van der Waals surface area contributed by atoms with Gasteiger partial charge in [0.05, 0.1) is 20.1 Å². The van der Waals surface area contributed by atoms with Crippen molar-refractivity contribution in [1.82, 2.24) is 0 Å². The van der Waals surface area contributed by atoms with Crippen LogP contribution in [0.5, 0.6) is 0 Å². The Bertz CT molecular complexity index is 1160. The molecule has 0 nitrogen and oxygen atoms in total. The fourth-order valence-electron chi connectivity index (χ4n) is 3.49. The Morgan fingerprint density at radius 3 is 0.615 bits per heavy atom. The van der Waals surface area contributed by atoms with E-state index in [1.165, 1.54) is 0 Å². The van der Waals surface area contributed by atoms with Gasteiger partial charge in [-0.05, 0) is 104 Å². The molecule has 0 saturated carbocycles. The lowest BCUT2D eigenvalue weighted by Crippen LogP contribution is -1.82. The first-order valence-corrected chi connectivity index (χ1v) is 9.54. The van der Waals surface area contributed by atoms with E-state index in [9.17, 15) is 0 Å². The molecule has 0 aromatic heterocycles. The van der Waals surface area contributed by atoms with Gasteiger partial charge < -0.3 is 0 Å². The van der Waals surface area contributed by atoms with Crippen molar-refractivity contribution in [2.45, 2.75) is 0 Å². The maximum atomic E-state index is 6.17. The van der Waals surface area contributed by atoms with E-state index in [1.807, 2.05) is 24.3 Å². The van der Waals surface area contributed by atoms with Crippen LogP contribution in [0.15, 0.2) is 60.7 Å². The third kappa shape index (κ3) is 2.61. The highest BCUT2D eigenvalue weighted by atomic mass is 35.5. The molecule has 0 amide bonds. The molecule has 0 spiro atoms. The average Bonchev–Trinajstić information content (AvgIpc) is 2.59. The molecule has 126 valence electrons. The molecular formula is C22H10Cl4. The first-order valence-electron chi connectivity index (χ1n) is 8.03. The topological polar surface area (TPSA) is 0 Å². The van der Waals surface area contributed by atoms with Crippen LogP contribution in [0.3, 0.4) is 0 Å². The predicted molar refractivity (Wildman–Crippen MR) is 117 cm³/mol. The first kappa shape index (κ1) is 16.5. The van der Waals surface area contributed by atoms with Gasteiger partial charge in [-0.3, -0.25) is 0 Å². The van der Waals surface area contributed by atoms with E-state index in [-0.39, 0.29) is 0 Å². The van der Waals surface area contributed by atoms with Crippen molar-refractivity contribution < 1.29 is 0 Å². The van der Waals surface area contributed by atoms with Gasteiger partial charge in [-0.15, -0.1) is 0 Å². The van der Waals surface area contributed by atoms with Gasteiger partial charge in [0.1, 0.15) is 0 Å². The summed E-state index contributed by atoms with van der Waals surface area (Å²) in [5.41, 5.74) is 0. The lowest BCUT2D eigenvalue weighted by Gasteiger charge is -2.08. The van der Waals surface area contributed by atoms with Crippen molar-refractivity contribution in [2.24, 2.45) is 0 Å². The fraction of sp³-hybridized carbons (Fsp3) is 0. The Kier molecular flexibility index (Phi) is 3.74. The molecule has 0 bridgehead atoms. The van der Waals surface area contributed by atoms with E-state index in [2.05, 4.69) is 36.4 Å². The maximum absolute atomic E-state index is 6.17. The van der Waals surface area contributed by atoms with E-state index < -0.39 is 0 Å². The molecule has 0 fully saturated rings. The predicted octanol–water partition coefficient (Wildman–Crippen LogP) is 8.91. The summed E-state index contributed by atoms with van der Waals surface area (Å²) in [6.45, 7) is 0. The molecule has 0 heterocycles. The zero-order valence-corrected chi connectivity index (χ0v) is 16.3. The minimum Gasteiger partial charge on any atom is -0.0827 e. The third-order valence-electron chi connectivity index (χ3n) is 4.78. The summed E-state index contributed by atoms with van der Waals surface area (Å²) in [6.07, 6.45) is 0. The third-order valence-corrected chi connectivity index (χ3v) is 6.23. The quantitative estimate of drug-likeness (QED) is 0.221. The molecule has 26 heavy (non-hydrogen) atoms. The largest absolute Gasteiger partial charge is 0.0827 e. The highest BCUT2D eigenvalue weighted by Crippen LogP contribution is 2.35. The molecule has 0 atom stereocenters. The minimum absolute atomic E-state index is 0.567. The van der Waals surface area contributed by atoms with Gasteiger partial charge in [0.15, 0.2) is 0 Å². The first-order chi connectivity index (χ1) is 12.5. The van der Waals surface area contributed by atoms with Crippen LogP contribution in [-0.2, 0) is 0 Å². The van der Waals surface area contributed by atoms with E-state index in [4.69, 9.17) is 46.4 Å². The van der Waals surface area contributed by atoms with Crippen LogP contribution in [0.25, 0.3) is 43.1 Å². The molecule has 0 unspecified atom stereocenters. The van der Waals surface area contributed by atoms with E-state index in [1.54, 1.807) is 0 Å². The van der Waals surface area contributed by atoms with E-state index in [0.29, 0.717) is 20.1 Å². The van der Waals surface area contributed by atoms with Crippen molar-refractivity contribution >= 4 is 89.5 Å². The maximum Gasteiger partial charge on any atom is 0.0598 e. The number of hydrogen-bond acceptors (Lipinski definition) is 0. The molecule has 5 aromatic rings. The molecule has 0 N–H and O–H groups in total. The lowest BCUT2D eigenvalue weighted by molar-refractivity contribution is 1.77. The van der Waals surface area contributed by atoms with Crippen LogP contribution < -0.4 is 0 Å². The summed E-state index contributed by atoms with van der Waals surface area (Å²) in [6, 6.07) is 20.6. The molecule has 5 rings (SSSR count). The second kappa shape index (κ2) is 5.90. The fourth-order valence-corrected chi connectivity index (χ4v) is 4.18. The molecule has 4 heteroatoms. The Labute approximate surface area is 169 Å². The van der Waals surface area contributed by atoms with E-state index in [0.717, 1.165) is 43.1 Å². The second-order valence-corrected chi connectivity index (χ2v) is 8.11. The highest BCUT2D eigenvalue weighted by Gasteiger charge is 2.07. The van der Waals surface area contributed by atoms with Crippen molar-refractivity contribution in [3.05, 3.63) is 80.8 Å². The molecule has 0 saturated heterocycles. The smallest absolute Gasteiger partial charge is 0.0598 e. The summed E-state index contributed by atoms with van der Waals surface area (Å²) < 4.78 is 0. The second-order valence-electron chi connectivity index (χ2n) is 6.48. The van der Waals surface area contributed by atoms with Gasteiger partial charge in [0, 0.05) is 0 Å². The normalized spacial score (nSPS) is 11.8. The van der Waals surface area contributed by atoms with Crippen molar-refractivity contribution in [3.8, 4) is 0 Å².